The predicted molar refractivity (Wildman–Crippen MR) is 80.5 cm³/mol. The molecule has 0 saturated carbocycles. The van der Waals surface area contributed by atoms with E-state index in [9.17, 15) is 4.79 Å². The van der Waals surface area contributed by atoms with Crippen LogP contribution in [0.25, 0.3) is 0 Å². The quantitative estimate of drug-likeness (QED) is 0.858. The minimum absolute atomic E-state index is 0.211. The first-order chi connectivity index (χ1) is 10.2. The number of hydrogen-bond donors (Lipinski definition) is 2. The molecule has 2 aromatic rings. The van der Waals surface area contributed by atoms with Crippen LogP contribution in [0.2, 0.25) is 0 Å². The zero-order valence-corrected chi connectivity index (χ0v) is 11.9. The van der Waals surface area contributed by atoms with Crippen molar-refractivity contribution in [1.82, 2.24) is 20.1 Å². The Kier molecular flexibility index (Phi) is 3.83. The lowest BCUT2D eigenvalue weighted by Gasteiger charge is -2.29. The maximum absolute atomic E-state index is 12.1. The Hall–Kier alpha value is -2.41. The highest BCUT2D eigenvalue weighted by Gasteiger charge is 2.13. The maximum Gasteiger partial charge on any atom is 0.275 e. The molecule has 21 heavy (non-hydrogen) atoms. The largest absolute Gasteiger partial charge is 0.368 e. The van der Waals surface area contributed by atoms with Gasteiger partial charge in [0.05, 0.1) is 11.9 Å². The summed E-state index contributed by atoms with van der Waals surface area (Å²) >= 11 is 0. The molecule has 7 heteroatoms. The van der Waals surface area contributed by atoms with Gasteiger partial charge < -0.3 is 15.5 Å². The maximum atomic E-state index is 12.1. The summed E-state index contributed by atoms with van der Waals surface area (Å²) in [5.41, 5.74) is 1.58. The zero-order valence-electron chi connectivity index (χ0n) is 11.9. The minimum atomic E-state index is -0.211. The molecule has 3 heterocycles. The third kappa shape index (κ3) is 3.03. The van der Waals surface area contributed by atoms with E-state index in [1.54, 1.807) is 25.5 Å². The van der Waals surface area contributed by atoms with Crippen molar-refractivity contribution in [2.75, 3.05) is 36.4 Å². The van der Waals surface area contributed by atoms with Crippen LogP contribution in [-0.4, -0.2) is 46.9 Å². The van der Waals surface area contributed by atoms with Crippen LogP contribution >= 0.6 is 0 Å². The Balaban J connectivity index is 1.67. The van der Waals surface area contributed by atoms with Crippen molar-refractivity contribution in [2.45, 2.75) is 0 Å². The molecule has 110 valence electrons. The van der Waals surface area contributed by atoms with E-state index < -0.39 is 0 Å². The van der Waals surface area contributed by atoms with E-state index in [0.717, 1.165) is 31.9 Å². The van der Waals surface area contributed by atoms with Gasteiger partial charge in [0, 0.05) is 39.4 Å². The van der Waals surface area contributed by atoms with Crippen LogP contribution in [0.4, 0.5) is 11.5 Å². The molecule has 0 radical (unpaired) electrons. The van der Waals surface area contributed by atoms with E-state index in [4.69, 9.17) is 0 Å². The van der Waals surface area contributed by atoms with Crippen molar-refractivity contribution in [3.63, 3.8) is 0 Å². The minimum Gasteiger partial charge on any atom is -0.368 e. The molecule has 0 aromatic carbocycles. The molecule has 0 spiro atoms. The second-order valence-corrected chi connectivity index (χ2v) is 4.93. The van der Waals surface area contributed by atoms with Crippen LogP contribution < -0.4 is 15.5 Å². The van der Waals surface area contributed by atoms with E-state index in [2.05, 4.69) is 25.6 Å². The number of rotatable bonds is 3. The first-order valence-electron chi connectivity index (χ1n) is 6.95. The normalized spacial score (nSPS) is 15.0. The fraction of sp³-hybridized carbons (Fsp3) is 0.357. The Morgan fingerprint density at radius 2 is 2.10 bits per heavy atom. The van der Waals surface area contributed by atoms with E-state index in [1.807, 2.05) is 12.1 Å². The Morgan fingerprint density at radius 3 is 2.71 bits per heavy atom. The Morgan fingerprint density at radius 1 is 1.29 bits per heavy atom. The monoisotopic (exact) mass is 286 g/mol. The van der Waals surface area contributed by atoms with E-state index in [1.165, 1.54) is 4.68 Å². The van der Waals surface area contributed by atoms with Crippen LogP contribution in [0.3, 0.4) is 0 Å². The van der Waals surface area contributed by atoms with Crippen molar-refractivity contribution < 1.29 is 4.79 Å². The number of hydrogen-bond acceptors (Lipinski definition) is 5. The highest BCUT2D eigenvalue weighted by atomic mass is 16.2. The smallest absolute Gasteiger partial charge is 0.275 e. The molecule has 2 aromatic heterocycles. The van der Waals surface area contributed by atoms with Crippen LogP contribution in [-0.2, 0) is 7.05 Å². The molecule has 1 fully saturated rings. The van der Waals surface area contributed by atoms with Crippen LogP contribution in [0.15, 0.2) is 30.6 Å². The summed E-state index contributed by atoms with van der Waals surface area (Å²) < 4.78 is 1.53. The van der Waals surface area contributed by atoms with Gasteiger partial charge in [-0.1, -0.05) is 0 Å². The molecule has 2 N–H and O–H groups in total. The van der Waals surface area contributed by atoms with E-state index >= 15 is 0 Å². The van der Waals surface area contributed by atoms with Gasteiger partial charge >= 0.3 is 0 Å². The van der Waals surface area contributed by atoms with Crippen molar-refractivity contribution in [3.05, 3.63) is 36.3 Å². The summed E-state index contributed by atoms with van der Waals surface area (Å²) in [6.45, 7) is 3.92. The molecule has 0 aliphatic carbocycles. The standard InChI is InChI=1S/C14H18N6O/c1-19-12(4-5-17-19)14(21)18-13-3-2-11(10-16-13)20-8-6-15-7-9-20/h2-5,10,15H,6-9H2,1H3,(H,16,18,21). The van der Waals surface area contributed by atoms with Gasteiger partial charge in [-0.05, 0) is 18.2 Å². The SMILES string of the molecule is Cn1nccc1C(=O)Nc1ccc(N2CCNCC2)cn1. The van der Waals surface area contributed by atoms with Gasteiger partial charge in [0.25, 0.3) is 5.91 Å². The highest BCUT2D eigenvalue weighted by Crippen LogP contribution is 2.16. The second kappa shape index (κ2) is 5.92. The molecule has 1 aliphatic rings. The van der Waals surface area contributed by atoms with Gasteiger partial charge in [0.15, 0.2) is 0 Å². The van der Waals surface area contributed by atoms with Gasteiger partial charge in [-0.25, -0.2) is 4.98 Å². The highest BCUT2D eigenvalue weighted by molar-refractivity contribution is 6.02. The first kappa shape index (κ1) is 13.6. The molecule has 1 amide bonds. The van der Waals surface area contributed by atoms with Crippen molar-refractivity contribution in [1.29, 1.82) is 0 Å². The van der Waals surface area contributed by atoms with Crippen LogP contribution in [0.5, 0.6) is 0 Å². The van der Waals surface area contributed by atoms with Gasteiger partial charge in [0.2, 0.25) is 0 Å². The number of anilines is 2. The molecule has 0 atom stereocenters. The molecule has 0 unspecified atom stereocenters. The molecule has 1 aliphatic heterocycles. The lowest BCUT2D eigenvalue weighted by atomic mass is 10.3. The third-order valence-electron chi connectivity index (χ3n) is 3.53. The number of piperazine rings is 1. The van der Waals surface area contributed by atoms with Gasteiger partial charge in [0.1, 0.15) is 11.5 Å². The molecular formula is C14H18N6O. The fourth-order valence-corrected chi connectivity index (χ4v) is 2.35. The average Bonchev–Trinajstić information content (AvgIpc) is 2.95. The van der Waals surface area contributed by atoms with Crippen LogP contribution in [0, 0.1) is 0 Å². The zero-order chi connectivity index (χ0) is 14.7. The van der Waals surface area contributed by atoms with Crippen LogP contribution in [0.1, 0.15) is 10.5 Å². The second-order valence-electron chi connectivity index (χ2n) is 4.93. The summed E-state index contributed by atoms with van der Waals surface area (Å²) in [5.74, 6) is 0.331. The molecule has 0 bridgehead atoms. The Labute approximate surface area is 123 Å². The number of aromatic nitrogens is 3. The predicted octanol–water partition coefficient (Wildman–Crippen LogP) is 0.477. The molecule has 7 nitrogen and oxygen atoms in total. The number of carbonyl (C=O) groups excluding carboxylic acids is 1. The number of aryl methyl sites for hydroxylation is 1. The molecule has 1 saturated heterocycles. The van der Waals surface area contributed by atoms with Crippen molar-refractivity contribution >= 4 is 17.4 Å². The van der Waals surface area contributed by atoms with Crippen molar-refractivity contribution in [2.24, 2.45) is 7.05 Å². The van der Waals surface area contributed by atoms with Gasteiger partial charge in [-0.3, -0.25) is 9.48 Å². The number of pyridine rings is 1. The summed E-state index contributed by atoms with van der Waals surface area (Å²) in [6.07, 6.45) is 3.39. The Bertz CT molecular complexity index is 615. The lowest BCUT2D eigenvalue weighted by molar-refractivity contribution is 0.101. The topological polar surface area (TPSA) is 75.1 Å². The number of amides is 1. The van der Waals surface area contributed by atoms with Crippen molar-refractivity contribution in [3.8, 4) is 0 Å². The lowest BCUT2D eigenvalue weighted by Crippen LogP contribution is -2.43. The third-order valence-corrected chi connectivity index (χ3v) is 3.53. The summed E-state index contributed by atoms with van der Waals surface area (Å²) in [6, 6.07) is 5.48. The first-order valence-corrected chi connectivity index (χ1v) is 6.95. The number of nitrogens with one attached hydrogen (secondary N) is 2. The average molecular weight is 286 g/mol. The summed E-state index contributed by atoms with van der Waals surface area (Å²) in [4.78, 5) is 18.6. The molecular weight excluding hydrogens is 268 g/mol. The van der Waals surface area contributed by atoms with Gasteiger partial charge in [-0.2, -0.15) is 5.10 Å². The molecule has 3 rings (SSSR count). The van der Waals surface area contributed by atoms with E-state index in [0.29, 0.717) is 11.5 Å². The summed E-state index contributed by atoms with van der Waals surface area (Å²) in [5, 5.41) is 10.1. The number of carbonyl (C=O) groups is 1. The number of nitrogens with zero attached hydrogens (tertiary/aromatic N) is 4. The summed E-state index contributed by atoms with van der Waals surface area (Å²) in [7, 11) is 1.73. The fourth-order valence-electron chi connectivity index (χ4n) is 2.35. The van der Waals surface area contributed by atoms with Gasteiger partial charge in [-0.15, -0.1) is 0 Å². The van der Waals surface area contributed by atoms with E-state index in [-0.39, 0.29) is 5.91 Å².